The number of hydrogen-bond acceptors (Lipinski definition) is 2. The molecule has 0 atom stereocenters. The van der Waals surface area contributed by atoms with E-state index in [4.69, 9.17) is 0 Å². The van der Waals surface area contributed by atoms with E-state index in [1.807, 2.05) is 47.9 Å². The van der Waals surface area contributed by atoms with Crippen LogP contribution in [0.3, 0.4) is 0 Å². The molecule has 0 bridgehead atoms. The summed E-state index contributed by atoms with van der Waals surface area (Å²) in [6, 6.07) is 16.2. The molecule has 126 valence electrons. The number of aryl methyl sites for hydroxylation is 2. The van der Waals surface area contributed by atoms with Crippen LogP contribution in [0, 0.1) is 6.92 Å². The van der Waals surface area contributed by atoms with Crippen molar-refractivity contribution in [3.05, 3.63) is 72.3 Å². The van der Waals surface area contributed by atoms with Crippen molar-refractivity contribution < 1.29 is 4.79 Å². The summed E-state index contributed by atoms with van der Waals surface area (Å²) in [5, 5.41) is 4.26. The van der Waals surface area contributed by atoms with Crippen molar-refractivity contribution in [1.82, 2.24) is 19.3 Å². The van der Waals surface area contributed by atoms with Crippen molar-refractivity contribution in [3.63, 3.8) is 0 Å². The number of rotatable bonds is 5. The van der Waals surface area contributed by atoms with Crippen molar-refractivity contribution in [2.45, 2.75) is 19.9 Å². The Kier molecular flexibility index (Phi) is 3.98. The van der Waals surface area contributed by atoms with E-state index < -0.39 is 0 Å². The fourth-order valence-electron chi connectivity index (χ4n) is 3.26. The van der Waals surface area contributed by atoms with Gasteiger partial charge in [-0.15, -0.1) is 0 Å². The molecular formula is C20H20N4O. The first-order chi connectivity index (χ1) is 12.2. The minimum atomic E-state index is -0.0754. The molecule has 0 saturated heterocycles. The van der Waals surface area contributed by atoms with E-state index in [0.717, 1.165) is 24.3 Å². The molecule has 1 N–H and O–H groups in total. The van der Waals surface area contributed by atoms with E-state index in [1.165, 1.54) is 10.9 Å². The number of amides is 1. The predicted molar refractivity (Wildman–Crippen MR) is 98.8 cm³/mol. The van der Waals surface area contributed by atoms with Crippen molar-refractivity contribution in [2.24, 2.45) is 0 Å². The molecule has 5 nitrogen and oxygen atoms in total. The van der Waals surface area contributed by atoms with Crippen molar-refractivity contribution >= 4 is 22.5 Å². The van der Waals surface area contributed by atoms with Crippen molar-refractivity contribution in [2.75, 3.05) is 6.54 Å². The molecule has 0 fully saturated rings. The van der Waals surface area contributed by atoms with Gasteiger partial charge in [-0.2, -0.15) is 0 Å². The van der Waals surface area contributed by atoms with Gasteiger partial charge in [0.1, 0.15) is 11.3 Å². The van der Waals surface area contributed by atoms with E-state index in [2.05, 4.69) is 39.3 Å². The highest BCUT2D eigenvalue weighted by molar-refractivity contribution is 5.94. The molecular weight excluding hydrogens is 312 g/mol. The molecule has 0 saturated carbocycles. The largest absolute Gasteiger partial charge is 0.351 e. The summed E-state index contributed by atoms with van der Waals surface area (Å²) in [6.45, 7) is 3.37. The summed E-state index contributed by atoms with van der Waals surface area (Å²) in [4.78, 5) is 17.0. The highest BCUT2D eigenvalue weighted by atomic mass is 16.1. The first kappa shape index (κ1) is 15.4. The molecule has 5 heteroatoms. The van der Waals surface area contributed by atoms with Crippen LogP contribution in [0.2, 0.25) is 0 Å². The van der Waals surface area contributed by atoms with E-state index in [0.29, 0.717) is 12.2 Å². The van der Waals surface area contributed by atoms with Gasteiger partial charge in [-0.05, 0) is 43.0 Å². The number of hydrogen-bond donors (Lipinski definition) is 1. The van der Waals surface area contributed by atoms with Crippen LogP contribution in [0.5, 0.6) is 0 Å². The van der Waals surface area contributed by atoms with Gasteiger partial charge in [-0.3, -0.25) is 9.20 Å². The molecule has 1 aromatic carbocycles. The smallest absolute Gasteiger partial charge is 0.270 e. The van der Waals surface area contributed by atoms with Crippen LogP contribution in [-0.2, 0) is 6.54 Å². The minimum absolute atomic E-state index is 0.0754. The monoisotopic (exact) mass is 332 g/mol. The molecule has 4 rings (SSSR count). The third kappa shape index (κ3) is 2.89. The highest BCUT2D eigenvalue weighted by Crippen LogP contribution is 2.15. The Morgan fingerprint density at radius 2 is 1.92 bits per heavy atom. The van der Waals surface area contributed by atoms with Gasteiger partial charge in [0.25, 0.3) is 5.91 Å². The zero-order valence-electron chi connectivity index (χ0n) is 14.1. The summed E-state index contributed by atoms with van der Waals surface area (Å²) >= 11 is 0. The zero-order valence-corrected chi connectivity index (χ0v) is 14.1. The van der Waals surface area contributed by atoms with E-state index in [-0.39, 0.29) is 5.91 Å². The summed E-state index contributed by atoms with van der Waals surface area (Å²) < 4.78 is 4.06. The van der Waals surface area contributed by atoms with Crippen LogP contribution < -0.4 is 5.32 Å². The molecule has 3 heterocycles. The first-order valence-electron chi connectivity index (χ1n) is 8.50. The number of imidazole rings is 1. The minimum Gasteiger partial charge on any atom is -0.351 e. The Balaban J connectivity index is 1.40. The Hall–Kier alpha value is -3.08. The van der Waals surface area contributed by atoms with Gasteiger partial charge in [-0.25, -0.2) is 4.98 Å². The normalized spacial score (nSPS) is 11.2. The number of para-hydroxylation sites is 1. The number of nitrogens with one attached hydrogen (secondary N) is 1. The number of pyridine rings is 1. The standard InChI is InChI=1S/C20H20N4O/c1-15-19(24-13-5-4-9-18(24)22-15)20(25)21-11-6-12-23-14-10-16-7-2-3-8-17(16)23/h2-5,7-10,13-14H,6,11-12H2,1H3,(H,21,25). The number of fused-ring (bicyclic) bond motifs is 2. The molecule has 1 amide bonds. The van der Waals surface area contributed by atoms with E-state index in [1.54, 1.807) is 0 Å². The molecule has 0 radical (unpaired) electrons. The Morgan fingerprint density at radius 3 is 2.84 bits per heavy atom. The zero-order chi connectivity index (χ0) is 17.2. The van der Waals surface area contributed by atoms with Crippen molar-refractivity contribution in [3.8, 4) is 0 Å². The van der Waals surface area contributed by atoms with Crippen LogP contribution in [0.1, 0.15) is 22.6 Å². The average molecular weight is 332 g/mol. The number of carbonyl (C=O) groups excluding carboxylic acids is 1. The lowest BCUT2D eigenvalue weighted by atomic mass is 10.2. The average Bonchev–Trinajstić information content (AvgIpc) is 3.18. The number of aromatic nitrogens is 3. The van der Waals surface area contributed by atoms with E-state index in [9.17, 15) is 4.79 Å². The second kappa shape index (κ2) is 6.43. The maximum atomic E-state index is 12.5. The predicted octanol–water partition coefficient (Wildman–Crippen LogP) is 3.42. The Morgan fingerprint density at radius 1 is 1.08 bits per heavy atom. The quantitative estimate of drug-likeness (QED) is 0.569. The van der Waals surface area contributed by atoms with Crippen LogP contribution in [-0.4, -0.2) is 26.4 Å². The lowest BCUT2D eigenvalue weighted by molar-refractivity contribution is 0.0946. The molecule has 4 aromatic rings. The molecule has 25 heavy (non-hydrogen) atoms. The molecule has 0 aliphatic carbocycles. The topological polar surface area (TPSA) is 51.3 Å². The molecule has 3 aromatic heterocycles. The van der Waals surface area contributed by atoms with Gasteiger partial charge in [0.15, 0.2) is 0 Å². The summed E-state index contributed by atoms with van der Waals surface area (Å²) in [6.07, 6.45) is 4.84. The molecule has 0 unspecified atom stereocenters. The fourth-order valence-corrected chi connectivity index (χ4v) is 3.26. The Bertz CT molecular complexity index is 1040. The van der Waals surface area contributed by atoms with Crippen molar-refractivity contribution in [1.29, 1.82) is 0 Å². The van der Waals surface area contributed by atoms with Crippen LogP contribution in [0.4, 0.5) is 0 Å². The summed E-state index contributed by atoms with van der Waals surface area (Å²) in [7, 11) is 0. The van der Waals surface area contributed by atoms with Gasteiger partial charge in [-0.1, -0.05) is 24.3 Å². The lowest BCUT2D eigenvalue weighted by Crippen LogP contribution is -2.27. The van der Waals surface area contributed by atoms with Gasteiger partial charge < -0.3 is 9.88 Å². The Labute approximate surface area is 145 Å². The van der Waals surface area contributed by atoms with E-state index >= 15 is 0 Å². The second-order valence-corrected chi connectivity index (χ2v) is 6.15. The SMILES string of the molecule is Cc1nc2ccccn2c1C(=O)NCCCn1ccc2ccccc21. The maximum Gasteiger partial charge on any atom is 0.270 e. The van der Waals surface area contributed by atoms with Crippen LogP contribution >= 0.6 is 0 Å². The second-order valence-electron chi connectivity index (χ2n) is 6.15. The van der Waals surface area contributed by atoms with Gasteiger partial charge >= 0.3 is 0 Å². The lowest BCUT2D eigenvalue weighted by Gasteiger charge is -2.08. The fraction of sp³-hybridized carbons (Fsp3) is 0.200. The van der Waals surface area contributed by atoms with Gasteiger partial charge in [0.05, 0.1) is 5.69 Å². The van der Waals surface area contributed by atoms with Gasteiger partial charge in [0.2, 0.25) is 0 Å². The summed E-state index contributed by atoms with van der Waals surface area (Å²) in [5.41, 5.74) is 3.39. The summed E-state index contributed by atoms with van der Waals surface area (Å²) in [5.74, 6) is -0.0754. The number of nitrogens with zero attached hydrogens (tertiary/aromatic N) is 3. The third-order valence-electron chi connectivity index (χ3n) is 4.46. The number of benzene rings is 1. The third-order valence-corrected chi connectivity index (χ3v) is 4.46. The number of carbonyl (C=O) groups is 1. The first-order valence-corrected chi connectivity index (χ1v) is 8.50. The molecule has 0 aliphatic rings. The van der Waals surface area contributed by atoms with Gasteiger partial charge in [0, 0.05) is 31.0 Å². The highest BCUT2D eigenvalue weighted by Gasteiger charge is 2.15. The molecule has 0 aliphatic heterocycles. The maximum absolute atomic E-state index is 12.5. The van der Waals surface area contributed by atoms with Crippen LogP contribution in [0.15, 0.2) is 60.9 Å². The van der Waals surface area contributed by atoms with Crippen LogP contribution in [0.25, 0.3) is 16.6 Å². The molecule has 0 spiro atoms.